The minimum Gasteiger partial charge on any atom is -0.496 e. The van der Waals surface area contributed by atoms with E-state index in [9.17, 15) is 9.59 Å². The van der Waals surface area contributed by atoms with Gasteiger partial charge in [-0.15, -0.1) is 0 Å². The molecule has 2 fully saturated rings. The van der Waals surface area contributed by atoms with E-state index in [2.05, 4.69) is 24.1 Å². The predicted octanol–water partition coefficient (Wildman–Crippen LogP) is 4.60. The second-order valence-corrected chi connectivity index (χ2v) is 8.29. The van der Waals surface area contributed by atoms with Gasteiger partial charge in [0, 0.05) is 24.4 Å². The summed E-state index contributed by atoms with van der Waals surface area (Å²) in [6.45, 7) is 3.56. The van der Waals surface area contributed by atoms with E-state index in [0.717, 1.165) is 23.6 Å². The lowest BCUT2D eigenvalue weighted by molar-refractivity contribution is -0.126. The zero-order valence-electron chi connectivity index (χ0n) is 17.2. The van der Waals surface area contributed by atoms with Crippen LogP contribution in [0, 0.1) is 5.92 Å². The van der Waals surface area contributed by atoms with E-state index in [-0.39, 0.29) is 17.6 Å². The first-order valence-corrected chi connectivity index (χ1v) is 10.3. The fraction of sp³-hybridized carbons (Fsp3) is 0.500. The van der Waals surface area contributed by atoms with Crippen molar-refractivity contribution in [3.05, 3.63) is 41.5 Å². The van der Waals surface area contributed by atoms with Crippen LogP contribution in [0.1, 0.15) is 61.4 Å². The van der Waals surface area contributed by atoms with Gasteiger partial charge in [0.15, 0.2) is 5.78 Å². The molecule has 2 bridgehead atoms. The molecule has 0 amide bonds. The molecular formula is C24H29NO3. The normalized spacial score (nSPS) is 27.1. The van der Waals surface area contributed by atoms with Gasteiger partial charge in [0.05, 0.1) is 12.7 Å². The summed E-state index contributed by atoms with van der Waals surface area (Å²) >= 11 is 0. The van der Waals surface area contributed by atoms with Crippen LogP contribution < -0.4 is 4.74 Å². The van der Waals surface area contributed by atoms with Crippen LogP contribution in [-0.2, 0) is 4.79 Å². The number of fused-ring (bicyclic) bond motifs is 3. The smallest absolute Gasteiger partial charge is 0.164 e. The van der Waals surface area contributed by atoms with Crippen molar-refractivity contribution in [3.63, 3.8) is 0 Å². The quantitative estimate of drug-likeness (QED) is 0.713. The van der Waals surface area contributed by atoms with Crippen LogP contribution in [-0.4, -0.2) is 42.7 Å². The van der Waals surface area contributed by atoms with E-state index in [1.807, 2.05) is 25.1 Å². The van der Waals surface area contributed by atoms with Gasteiger partial charge in [-0.1, -0.05) is 31.2 Å². The van der Waals surface area contributed by atoms with Crippen molar-refractivity contribution in [2.24, 2.45) is 5.92 Å². The van der Waals surface area contributed by atoms with Gasteiger partial charge in [-0.2, -0.15) is 0 Å². The Kier molecular flexibility index (Phi) is 5.00. The monoisotopic (exact) mass is 379 g/mol. The molecule has 0 aromatic heterocycles. The number of methoxy groups -OCH3 is 1. The third kappa shape index (κ3) is 2.86. The Balaban J connectivity index is 1.89. The van der Waals surface area contributed by atoms with Crippen molar-refractivity contribution in [3.8, 4) is 5.75 Å². The fourth-order valence-corrected chi connectivity index (χ4v) is 5.68. The third-order valence-corrected chi connectivity index (χ3v) is 7.02. The van der Waals surface area contributed by atoms with Crippen LogP contribution >= 0.6 is 0 Å². The molecular weight excluding hydrogens is 350 g/mol. The van der Waals surface area contributed by atoms with E-state index in [4.69, 9.17) is 4.74 Å². The van der Waals surface area contributed by atoms with Crippen molar-refractivity contribution in [1.29, 1.82) is 0 Å². The number of rotatable bonds is 5. The highest BCUT2D eigenvalue weighted by atomic mass is 16.5. The van der Waals surface area contributed by atoms with Gasteiger partial charge in [0.2, 0.25) is 0 Å². The second kappa shape index (κ2) is 7.32. The molecule has 4 atom stereocenters. The van der Waals surface area contributed by atoms with E-state index in [1.165, 1.54) is 12.0 Å². The molecule has 2 aliphatic rings. The molecule has 2 saturated heterocycles. The number of hydrogen-bond donors (Lipinski definition) is 0. The van der Waals surface area contributed by atoms with E-state index in [1.54, 1.807) is 14.0 Å². The minimum atomic E-state index is 0.00392. The summed E-state index contributed by atoms with van der Waals surface area (Å²) in [6.07, 6.45) is 3.85. The van der Waals surface area contributed by atoms with Crippen LogP contribution in [0.5, 0.6) is 5.75 Å². The van der Waals surface area contributed by atoms with Crippen molar-refractivity contribution in [2.45, 2.75) is 57.5 Å². The Hall–Kier alpha value is -2.20. The maximum Gasteiger partial charge on any atom is 0.164 e. The SMILES string of the molecule is CCC(=O)[C@@H]1C2CCC(C[C@@H]1c1cccc3c(C(C)=O)c(OC)ccc13)N2C. The Morgan fingerprint density at radius 1 is 1.14 bits per heavy atom. The zero-order valence-corrected chi connectivity index (χ0v) is 17.2. The summed E-state index contributed by atoms with van der Waals surface area (Å²) in [5.41, 5.74) is 1.84. The van der Waals surface area contributed by atoms with Gasteiger partial charge in [-0.3, -0.25) is 14.5 Å². The first kappa shape index (κ1) is 19.1. The molecule has 2 aromatic carbocycles. The van der Waals surface area contributed by atoms with Gasteiger partial charge in [0.25, 0.3) is 0 Å². The molecule has 4 nitrogen and oxygen atoms in total. The lowest BCUT2D eigenvalue weighted by Gasteiger charge is -2.43. The lowest BCUT2D eigenvalue weighted by atomic mass is 9.72. The average Bonchev–Trinajstić information content (AvgIpc) is 2.93. The average molecular weight is 380 g/mol. The Labute approximate surface area is 166 Å². The zero-order chi connectivity index (χ0) is 20.0. The Morgan fingerprint density at radius 3 is 2.61 bits per heavy atom. The second-order valence-electron chi connectivity index (χ2n) is 8.29. The summed E-state index contributed by atoms with van der Waals surface area (Å²) in [7, 11) is 3.78. The van der Waals surface area contributed by atoms with Crippen molar-refractivity contribution in [2.75, 3.05) is 14.2 Å². The van der Waals surface area contributed by atoms with Gasteiger partial charge < -0.3 is 4.74 Å². The van der Waals surface area contributed by atoms with Crippen molar-refractivity contribution >= 4 is 22.3 Å². The Bertz CT molecular complexity index is 935. The summed E-state index contributed by atoms with van der Waals surface area (Å²) in [6, 6.07) is 11.0. The standard InChI is InChI=1S/C24H29NO3/c1-5-21(27)24-19(13-15-9-11-20(24)25(15)3)16-7-6-8-18-17(16)10-12-22(28-4)23(18)14(2)26/h6-8,10,12,15,19-20,24H,5,9,11,13H2,1-4H3/t15?,19-,20?,24+/m1/s1. The lowest BCUT2D eigenvalue weighted by Crippen LogP contribution is -2.48. The van der Waals surface area contributed by atoms with E-state index >= 15 is 0 Å². The van der Waals surface area contributed by atoms with Crippen molar-refractivity contribution < 1.29 is 14.3 Å². The molecule has 2 aliphatic heterocycles. The predicted molar refractivity (Wildman–Crippen MR) is 111 cm³/mol. The maximum absolute atomic E-state index is 13.0. The number of carbonyl (C=O) groups excluding carboxylic acids is 2. The van der Waals surface area contributed by atoms with Crippen LogP contribution in [0.15, 0.2) is 30.3 Å². The van der Waals surface area contributed by atoms with Crippen LogP contribution in [0.4, 0.5) is 0 Å². The summed E-state index contributed by atoms with van der Waals surface area (Å²) < 4.78 is 5.45. The molecule has 0 radical (unpaired) electrons. The van der Waals surface area contributed by atoms with Gasteiger partial charge in [-0.25, -0.2) is 0 Å². The number of Topliss-reactive ketones (excluding diaryl/α,β-unsaturated/α-hetero) is 2. The molecule has 2 unspecified atom stereocenters. The highest BCUT2D eigenvalue weighted by Crippen LogP contribution is 2.48. The van der Waals surface area contributed by atoms with Gasteiger partial charge >= 0.3 is 0 Å². The highest BCUT2D eigenvalue weighted by molar-refractivity contribution is 6.10. The molecule has 28 heavy (non-hydrogen) atoms. The topological polar surface area (TPSA) is 46.6 Å². The summed E-state index contributed by atoms with van der Waals surface area (Å²) in [5.74, 6) is 1.21. The number of benzene rings is 2. The minimum absolute atomic E-state index is 0.00392. The molecule has 0 saturated carbocycles. The van der Waals surface area contributed by atoms with Crippen LogP contribution in [0.2, 0.25) is 0 Å². The van der Waals surface area contributed by atoms with Gasteiger partial charge in [0.1, 0.15) is 11.5 Å². The van der Waals surface area contributed by atoms with Crippen LogP contribution in [0.25, 0.3) is 10.8 Å². The fourth-order valence-electron chi connectivity index (χ4n) is 5.68. The first-order valence-electron chi connectivity index (χ1n) is 10.3. The number of ether oxygens (including phenoxy) is 1. The van der Waals surface area contributed by atoms with Crippen molar-refractivity contribution in [1.82, 2.24) is 4.90 Å². The first-order chi connectivity index (χ1) is 13.5. The number of ketones is 2. The molecule has 2 heterocycles. The molecule has 2 aromatic rings. The number of hydrogen-bond acceptors (Lipinski definition) is 4. The van der Waals surface area contributed by atoms with Gasteiger partial charge in [-0.05, 0) is 61.6 Å². The molecule has 0 N–H and O–H groups in total. The summed E-state index contributed by atoms with van der Waals surface area (Å²) in [5, 5.41) is 2.01. The molecule has 0 spiro atoms. The van der Waals surface area contributed by atoms with Crippen LogP contribution in [0.3, 0.4) is 0 Å². The van der Waals surface area contributed by atoms with E-state index < -0.39 is 0 Å². The molecule has 148 valence electrons. The highest BCUT2D eigenvalue weighted by Gasteiger charge is 2.48. The van der Waals surface area contributed by atoms with E-state index in [0.29, 0.717) is 35.6 Å². The number of piperidine rings is 1. The third-order valence-electron chi connectivity index (χ3n) is 7.02. The number of nitrogens with zero attached hydrogens (tertiary/aromatic N) is 1. The Morgan fingerprint density at radius 2 is 1.93 bits per heavy atom. The molecule has 0 aliphatic carbocycles. The number of carbonyl (C=O) groups is 2. The molecule has 4 heteroatoms. The molecule has 4 rings (SSSR count). The maximum atomic E-state index is 13.0. The summed E-state index contributed by atoms with van der Waals surface area (Å²) in [4.78, 5) is 27.8. The largest absolute Gasteiger partial charge is 0.496 e.